The summed E-state index contributed by atoms with van der Waals surface area (Å²) < 4.78 is 0. The van der Waals surface area contributed by atoms with Crippen molar-refractivity contribution in [2.24, 2.45) is 5.11 Å². The van der Waals surface area contributed by atoms with Crippen LogP contribution in [0.25, 0.3) is 10.4 Å². The van der Waals surface area contributed by atoms with E-state index in [2.05, 4.69) is 10.0 Å². The summed E-state index contributed by atoms with van der Waals surface area (Å²) in [5.74, 6) is 0.226. The van der Waals surface area contributed by atoms with Crippen molar-refractivity contribution in [1.82, 2.24) is 0 Å². The molecule has 0 spiro atoms. The second-order valence-corrected chi connectivity index (χ2v) is 2.49. The zero-order valence-corrected chi connectivity index (χ0v) is 5.66. The van der Waals surface area contributed by atoms with Crippen molar-refractivity contribution in [2.45, 2.75) is 31.7 Å². The second-order valence-electron chi connectivity index (χ2n) is 2.49. The SMILES string of the molecule is [N-]=[N+]=N[C@@H]1CCCC(=O)C1. The number of rotatable bonds is 1. The molecule has 0 heterocycles. The Hall–Kier alpha value is -1.02. The smallest absolute Gasteiger partial charge is 0.133 e. The normalized spacial score (nSPS) is 25.6. The molecular weight excluding hydrogens is 130 g/mol. The number of Topliss-reactive ketones (excluding diaryl/α,β-unsaturated/α-hetero) is 1. The highest BCUT2D eigenvalue weighted by molar-refractivity contribution is 5.79. The van der Waals surface area contributed by atoms with Gasteiger partial charge >= 0.3 is 0 Å². The van der Waals surface area contributed by atoms with Gasteiger partial charge in [0, 0.05) is 23.8 Å². The van der Waals surface area contributed by atoms with Crippen molar-refractivity contribution in [3.8, 4) is 0 Å². The van der Waals surface area contributed by atoms with Gasteiger partial charge in [-0.2, -0.15) is 0 Å². The number of hydrogen-bond acceptors (Lipinski definition) is 2. The Bertz CT molecular complexity index is 183. The lowest BCUT2D eigenvalue weighted by atomic mass is 9.95. The largest absolute Gasteiger partial charge is 0.300 e. The summed E-state index contributed by atoms with van der Waals surface area (Å²) in [6, 6.07) is -0.0637. The summed E-state index contributed by atoms with van der Waals surface area (Å²) in [6.45, 7) is 0. The Labute approximate surface area is 58.9 Å². The molecule has 0 saturated heterocycles. The molecule has 4 nitrogen and oxygen atoms in total. The van der Waals surface area contributed by atoms with E-state index in [4.69, 9.17) is 5.53 Å². The van der Waals surface area contributed by atoms with Crippen molar-refractivity contribution in [2.75, 3.05) is 0 Å². The van der Waals surface area contributed by atoms with Gasteiger partial charge in [0.05, 0.1) is 0 Å². The summed E-state index contributed by atoms with van der Waals surface area (Å²) in [7, 11) is 0. The van der Waals surface area contributed by atoms with Crippen LogP contribution in [0.3, 0.4) is 0 Å². The number of ketones is 1. The third-order valence-electron chi connectivity index (χ3n) is 1.67. The van der Waals surface area contributed by atoms with Crippen LogP contribution in [0, 0.1) is 0 Å². The van der Waals surface area contributed by atoms with Crippen molar-refractivity contribution in [3.05, 3.63) is 10.4 Å². The van der Waals surface area contributed by atoms with Crippen molar-refractivity contribution < 1.29 is 4.79 Å². The molecule has 0 amide bonds. The van der Waals surface area contributed by atoms with E-state index in [0.717, 1.165) is 12.8 Å². The van der Waals surface area contributed by atoms with Crippen LogP contribution < -0.4 is 0 Å². The van der Waals surface area contributed by atoms with Crippen molar-refractivity contribution >= 4 is 5.78 Å². The first kappa shape index (κ1) is 7.09. The van der Waals surface area contributed by atoms with E-state index >= 15 is 0 Å². The summed E-state index contributed by atoms with van der Waals surface area (Å²) in [5, 5.41) is 3.49. The van der Waals surface area contributed by atoms with Gasteiger partial charge in [0.2, 0.25) is 0 Å². The Morgan fingerprint density at radius 3 is 3.10 bits per heavy atom. The number of hydrogen-bond donors (Lipinski definition) is 0. The highest BCUT2D eigenvalue weighted by atomic mass is 16.1. The summed E-state index contributed by atoms with van der Waals surface area (Å²) >= 11 is 0. The van der Waals surface area contributed by atoms with Crippen LogP contribution in [-0.2, 0) is 4.79 Å². The van der Waals surface area contributed by atoms with E-state index < -0.39 is 0 Å². The molecule has 0 N–H and O–H groups in total. The van der Waals surface area contributed by atoms with Gasteiger partial charge < -0.3 is 0 Å². The van der Waals surface area contributed by atoms with Gasteiger partial charge in [-0.1, -0.05) is 5.11 Å². The van der Waals surface area contributed by atoms with E-state index in [1.165, 1.54) is 0 Å². The van der Waals surface area contributed by atoms with Gasteiger partial charge in [0.15, 0.2) is 0 Å². The molecule has 1 rings (SSSR count). The van der Waals surface area contributed by atoms with E-state index in [1.807, 2.05) is 0 Å². The van der Waals surface area contributed by atoms with E-state index in [1.54, 1.807) is 0 Å². The maximum absolute atomic E-state index is 10.8. The molecule has 0 aromatic rings. The fourth-order valence-corrected chi connectivity index (χ4v) is 1.17. The molecule has 0 radical (unpaired) electrons. The zero-order valence-electron chi connectivity index (χ0n) is 5.66. The van der Waals surface area contributed by atoms with E-state index in [9.17, 15) is 4.79 Å². The molecule has 1 atom stereocenters. The number of carbonyl (C=O) groups excluding carboxylic acids is 1. The third-order valence-corrected chi connectivity index (χ3v) is 1.67. The molecule has 0 aromatic heterocycles. The zero-order chi connectivity index (χ0) is 7.40. The Kier molecular flexibility index (Phi) is 2.29. The molecule has 4 heteroatoms. The number of azide groups is 1. The first-order valence-electron chi connectivity index (χ1n) is 3.39. The minimum absolute atomic E-state index is 0.0637. The Morgan fingerprint density at radius 2 is 2.50 bits per heavy atom. The lowest BCUT2D eigenvalue weighted by Gasteiger charge is -2.14. The molecule has 0 unspecified atom stereocenters. The average molecular weight is 139 g/mol. The van der Waals surface area contributed by atoms with Crippen LogP contribution in [0.2, 0.25) is 0 Å². The van der Waals surface area contributed by atoms with Gasteiger partial charge in [0.1, 0.15) is 5.78 Å². The van der Waals surface area contributed by atoms with Crippen LogP contribution in [-0.4, -0.2) is 11.8 Å². The van der Waals surface area contributed by atoms with Crippen molar-refractivity contribution in [3.63, 3.8) is 0 Å². The lowest BCUT2D eigenvalue weighted by Crippen LogP contribution is -2.16. The molecule has 0 aromatic carbocycles. The standard InChI is InChI=1S/C6H9N3O/c7-9-8-5-2-1-3-6(10)4-5/h5H,1-4H2/t5-/m1/s1. The average Bonchev–Trinajstić information content (AvgIpc) is 1.88. The van der Waals surface area contributed by atoms with E-state index in [0.29, 0.717) is 12.8 Å². The summed E-state index contributed by atoms with van der Waals surface area (Å²) in [4.78, 5) is 13.4. The lowest BCUT2D eigenvalue weighted by molar-refractivity contribution is -0.120. The molecule has 1 aliphatic carbocycles. The van der Waals surface area contributed by atoms with Gasteiger partial charge in [0.25, 0.3) is 0 Å². The molecule has 10 heavy (non-hydrogen) atoms. The van der Waals surface area contributed by atoms with Crippen LogP contribution in [0.4, 0.5) is 0 Å². The molecule has 0 aliphatic heterocycles. The predicted octanol–water partition coefficient (Wildman–Crippen LogP) is 1.81. The van der Waals surface area contributed by atoms with Gasteiger partial charge in [-0.15, -0.1) is 0 Å². The predicted molar refractivity (Wildman–Crippen MR) is 36.4 cm³/mol. The molecule has 54 valence electrons. The highest BCUT2D eigenvalue weighted by Crippen LogP contribution is 2.17. The first-order valence-corrected chi connectivity index (χ1v) is 3.39. The van der Waals surface area contributed by atoms with E-state index in [-0.39, 0.29) is 11.8 Å². The minimum Gasteiger partial charge on any atom is -0.300 e. The third kappa shape index (κ3) is 1.74. The molecule has 1 fully saturated rings. The minimum atomic E-state index is -0.0637. The van der Waals surface area contributed by atoms with Gasteiger partial charge in [-0.25, -0.2) is 0 Å². The maximum atomic E-state index is 10.8. The monoisotopic (exact) mass is 139 g/mol. The summed E-state index contributed by atoms with van der Waals surface area (Å²) in [6.07, 6.45) is 2.86. The fourth-order valence-electron chi connectivity index (χ4n) is 1.17. The maximum Gasteiger partial charge on any atom is 0.133 e. The van der Waals surface area contributed by atoms with Crippen LogP contribution >= 0.6 is 0 Å². The van der Waals surface area contributed by atoms with Crippen LogP contribution in [0.15, 0.2) is 5.11 Å². The quantitative estimate of drug-likeness (QED) is 0.310. The Morgan fingerprint density at radius 1 is 1.70 bits per heavy atom. The first-order chi connectivity index (χ1) is 4.83. The van der Waals surface area contributed by atoms with Crippen LogP contribution in [0.1, 0.15) is 25.7 Å². The molecule has 0 bridgehead atoms. The van der Waals surface area contributed by atoms with Gasteiger partial charge in [-0.3, -0.25) is 4.79 Å². The topological polar surface area (TPSA) is 65.8 Å². The summed E-state index contributed by atoms with van der Waals surface area (Å²) in [5.41, 5.74) is 8.05. The van der Waals surface area contributed by atoms with Crippen LogP contribution in [0.5, 0.6) is 0 Å². The molecule has 1 saturated carbocycles. The van der Waals surface area contributed by atoms with Crippen molar-refractivity contribution in [1.29, 1.82) is 0 Å². The highest BCUT2D eigenvalue weighted by Gasteiger charge is 2.17. The molecular formula is C6H9N3O. The Balaban J connectivity index is 2.46. The number of carbonyl (C=O) groups is 1. The number of nitrogens with zero attached hydrogens (tertiary/aromatic N) is 3. The second kappa shape index (κ2) is 3.22. The molecule has 1 aliphatic rings. The van der Waals surface area contributed by atoms with Gasteiger partial charge in [-0.05, 0) is 18.4 Å². The fraction of sp³-hybridized carbons (Fsp3) is 0.833.